The van der Waals surface area contributed by atoms with Crippen molar-refractivity contribution >= 4 is 11.8 Å². The second-order valence-corrected chi connectivity index (χ2v) is 5.24. The van der Waals surface area contributed by atoms with Gasteiger partial charge < -0.3 is 17.2 Å². The fraction of sp³-hybridized carbons (Fsp3) is 0.333. The Morgan fingerprint density at radius 1 is 1.05 bits per heavy atom. The topological polar surface area (TPSA) is 104 Å². The summed E-state index contributed by atoms with van der Waals surface area (Å²) in [5, 5.41) is 0. The lowest BCUT2D eigenvalue weighted by molar-refractivity contribution is 0.696. The Kier molecular flexibility index (Phi) is 3.28. The first-order valence-corrected chi connectivity index (χ1v) is 6.87. The molecule has 5 heteroatoms. The Bertz CT molecular complexity index is 613. The van der Waals surface area contributed by atoms with Crippen LogP contribution in [-0.2, 0) is 19.3 Å². The second kappa shape index (κ2) is 5.09. The van der Waals surface area contributed by atoms with Gasteiger partial charge in [0.2, 0.25) is 5.95 Å². The molecule has 1 aromatic carbocycles. The van der Waals surface area contributed by atoms with Crippen molar-refractivity contribution < 1.29 is 0 Å². The molecule has 0 spiro atoms. The van der Waals surface area contributed by atoms with Gasteiger partial charge in [0.05, 0.1) is 5.69 Å². The Hall–Kier alpha value is -2.14. The molecule has 20 heavy (non-hydrogen) atoms. The van der Waals surface area contributed by atoms with E-state index in [0.29, 0.717) is 24.7 Å². The first-order chi connectivity index (χ1) is 9.69. The van der Waals surface area contributed by atoms with Crippen LogP contribution < -0.4 is 17.2 Å². The Balaban J connectivity index is 1.99. The summed E-state index contributed by atoms with van der Waals surface area (Å²) in [6.07, 6.45) is 2.64. The molecule has 0 fully saturated rings. The summed E-state index contributed by atoms with van der Waals surface area (Å²) in [5.41, 5.74) is 22.1. The molecule has 1 aliphatic rings. The highest BCUT2D eigenvalue weighted by atomic mass is 15.0. The van der Waals surface area contributed by atoms with E-state index in [-0.39, 0.29) is 5.95 Å². The molecule has 3 rings (SSSR count). The highest BCUT2D eigenvalue weighted by Gasteiger charge is 2.27. The van der Waals surface area contributed by atoms with Gasteiger partial charge >= 0.3 is 0 Å². The highest BCUT2D eigenvalue weighted by molar-refractivity contribution is 5.49. The van der Waals surface area contributed by atoms with Crippen molar-refractivity contribution in [2.24, 2.45) is 5.73 Å². The van der Waals surface area contributed by atoms with Crippen molar-refractivity contribution in [1.82, 2.24) is 9.97 Å². The normalized spacial score (nSPS) is 14.4. The Labute approximate surface area is 118 Å². The zero-order chi connectivity index (χ0) is 14.1. The smallest absolute Gasteiger partial charge is 0.222 e. The number of rotatable bonds is 3. The zero-order valence-corrected chi connectivity index (χ0v) is 11.3. The van der Waals surface area contributed by atoms with Gasteiger partial charge in [0, 0.05) is 11.5 Å². The van der Waals surface area contributed by atoms with Gasteiger partial charge in [0.25, 0.3) is 0 Å². The Morgan fingerprint density at radius 3 is 2.30 bits per heavy atom. The van der Waals surface area contributed by atoms with E-state index in [9.17, 15) is 0 Å². The molecule has 5 nitrogen and oxygen atoms in total. The number of benzene rings is 1. The van der Waals surface area contributed by atoms with Crippen LogP contribution in [0.5, 0.6) is 0 Å². The molecule has 0 unspecified atom stereocenters. The van der Waals surface area contributed by atoms with Crippen molar-refractivity contribution in [3.8, 4) is 0 Å². The standard InChI is InChI=1S/C15H19N5/c16-6-5-12-13(19-15(18)20-14(12)17)11-7-9-3-1-2-4-10(9)8-11/h1-4,11H,5-8,16H2,(H4,17,18,19,20). The average Bonchev–Trinajstić information content (AvgIpc) is 2.85. The number of fused-ring (bicyclic) bond motifs is 1. The number of nitrogens with two attached hydrogens (primary N) is 3. The molecule has 2 aromatic rings. The maximum atomic E-state index is 5.99. The summed E-state index contributed by atoms with van der Waals surface area (Å²) < 4.78 is 0. The van der Waals surface area contributed by atoms with Crippen LogP contribution in [-0.4, -0.2) is 16.5 Å². The van der Waals surface area contributed by atoms with Crippen molar-refractivity contribution in [1.29, 1.82) is 0 Å². The highest BCUT2D eigenvalue weighted by Crippen LogP contribution is 2.35. The van der Waals surface area contributed by atoms with Gasteiger partial charge in [-0.3, -0.25) is 0 Å². The first-order valence-electron chi connectivity index (χ1n) is 6.87. The molecule has 0 aliphatic heterocycles. The maximum absolute atomic E-state index is 5.99. The van der Waals surface area contributed by atoms with Gasteiger partial charge in [-0.25, -0.2) is 4.98 Å². The predicted molar refractivity (Wildman–Crippen MR) is 80.2 cm³/mol. The van der Waals surface area contributed by atoms with Crippen LogP contribution in [0.25, 0.3) is 0 Å². The van der Waals surface area contributed by atoms with Crippen molar-refractivity contribution in [3.05, 3.63) is 46.6 Å². The fourth-order valence-electron chi connectivity index (χ4n) is 3.03. The summed E-state index contributed by atoms with van der Waals surface area (Å²) in [6.45, 7) is 0.532. The number of hydrogen-bond acceptors (Lipinski definition) is 5. The minimum Gasteiger partial charge on any atom is -0.383 e. The lowest BCUT2D eigenvalue weighted by Gasteiger charge is -2.16. The zero-order valence-electron chi connectivity index (χ0n) is 11.3. The van der Waals surface area contributed by atoms with Gasteiger partial charge in [-0.05, 0) is 36.9 Å². The fourth-order valence-corrected chi connectivity index (χ4v) is 3.03. The predicted octanol–water partition coefficient (Wildman–Crippen LogP) is 1.02. The third-order valence-corrected chi connectivity index (χ3v) is 3.92. The molecule has 0 saturated carbocycles. The minimum atomic E-state index is 0.245. The molecule has 0 bridgehead atoms. The summed E-state index contributed by atoms with van der Waals surface area (Å²) in [7, 11) is 0. The molecular weight excluding hydrogens is 250 g/mol. The van der Waals surface area contributed by atoms with Crippen LogP contribution in [0.4, 0.5) is 11.8 Å². The number of anilines is 2. The van der Waals surface area contributed by atoms with Gasteiger partial charge in [-0.15, -0.1) is 0 Å². The maximum Gasteiger partial charge on any atom is 0.222 e. The first kappa shape index (κ1) is 12.9. The summed E-state index contributed by atoms with van der Waals surface area (Å²) in [4.78, 5) is 8.51. The largest absolute Gasteiger partial charge is 0.383 e. The molecule has 6 N–H and O–H groups in total. The van der Waals surface area contributed by atoms with E-state index < -0.39 is 0 Å². The summed E-state index contributed by atoms with van der Waals surface area (Å²) in [5.74, 6) is 1.03. The van der Waals surface area contributed by atoms with Gasteiger partial charge in [-0.2, -0.15) is 4.98 Å². The molecule has 0 radical (unpaired) electrons. The lowest BCUT2D eigenvalue weighted by atomic mass is 9.96. The van der Waals surface area contributed by atoms with Crippen LogP contribution in [0.3, 0.4) is 0 Å². The molecular formula is C15H19N5. The summed E-state index contributed by atoms with van der Waals surface area (Å²) >= 11 is 0. The van der Waals surface area contributed by atoms with Gasteiger partial charge in [0.15, 0.2) is 0 Å². The second-order valence-electron chi connectivity index (χ2n) is 5.24. The van der Waals surface area contributed by atoms with Crippen LogP contribution in [0.2, 0.25) is 0 Å². The number of aromatic nitrogens is 2. The number of nitrogens with zero attached hydrogens (tertiary/aromatic N) is 2. The third-order valence-electron chi connectivity index (χ3n) is 3.92. The van der Waals surface area contributed by atoms with E-state index >= 15 is 0 Å². The van der Waals surface area contributed by atoms with E-state index in [4.69, 9.17) is 17.2 Å². The van der Waals surface area contributed by atoms with E-state index in [2.05, 4.69) is 34.2 Å². The number of hydrogen-bond donors (Lipinski definition) is 3. The minimum absolute atomic E-state index is 0.245. The Morgan fingerprint density at radius 2 is 1.70 bits per heavy atom. The molecule has 0 atom stereocenters. The van der Waals surface area contributed by atoms with E-state index in [1.54, 1.807) is 0 Å². The van der Waals surface area contributed by atoms with Crippen molar-refractivity contribution in [2.45, 2.75) is 25.2 Å². The van der Waals surface area contributed by atoms with E-state index in [1.807, 2.05) is 0 Å². The SMILES string of the molecule is NCCc1c(N)nc(N)nc1C1Cc2ccccc2C1. The summed E-state index contributed by atoms with van der Waals surface area (Å²) in [6, 6.07) is 8.49. The van der Waals surface area contributed by atoms with Gasteiger partial charge in [0.1, 0.15) is 5.82 Å². The molecule has 0 amide bonds. The molecule has 0 saturated heterocycles. The molecule has 104 valence electrons. The van der Waals surface area contributed by atoms with Crippen LogP contribution >= 0.6 is 0 Å². The quantitative estimate of drug-likeness (QED) is 0.772. The van der Waals surface area contributed by atoms with E-state index in [0.717, 1.165) is 24.1 Å². The van der Waals surface area contributed by atoms with Crippen LogP contribution in [0.15, 0.2) is 24.3 Å². The molecule has 1 aromatic heterocycles. The molecule has 1 heterocycles. The lowest BCUT2D eigenvalue weighted by Crippen LogP contribution is -2.16. The van der Waals surface area contributed by atoms with Crippen LogP contribution in [0, 0.1) is 0 Å². The van der Waals surface area contributed by atoms with E-state index in [1.165, 1.54) is 11.1 Å². The van der Waals surface area contributed by atoms with Crippen molar-refractivity contribution in [3.63, 3.8) is 0 Å². The average molecular weight is 269 g/mol. The molecule has 1 aliphatic carbocycles. The van der Waals surface area contributed by atoms with Gasteiger partial charge in [-0.1, -0.05) is 24.3 Å². The third kappa shape index (κ3) is 2.20. The monoisotopic (exact) mass is 269 g/mol. The number of nitrogen functional groups attached to an aromatic ring is 2. The van der Waals surface area contributed by atoms with Crippen molar-refractivity contribution in [2.75, 3.05) is 18.0 Å². The van der Waals surface area contributed by atoms with Crippen LogP contribution in [0.1, 0.15) is 28.3 Å².